The number of nitrogens with one attached hydrogen (secondary N) is 1. The van der Waals surface area contributed by atoms with E-state index in [4.69, 9.17) is 4.74 Å². The Balaban J connectivity index is 1.84. The molecule has 0 aliphatic heterocycles. The topological polar surface area (TPSA) is 59.9 Å². The highest BCUT2D eigenvalue weighted by Crippen LogP contribution is 2.22. The van der Waals surface area contributed by atoms with Crippen molar-refractivity contribution in [1.29, 1.82) is 0 Å². The predicted molar refractivity (Wildman–Crippen MR) is 91.7 cm³/mol. The Labute approximate surface area is 135 Å². The van der Waals surface area contributed by atoms with Crippen LogP contribution in [0.1, 0.15) is 31.0 Å². The minimum absolute atomic E-state index is 0.289. The molecule has 0 saturated heterocycles. The summed E-state index contributed by atoms with van der Waals surface area (Å²) in [5.41, 5.74) is 3.85. The molecule has 0 bridgehead atoms. The van der Waals surface area contributed by atoms with Crippen LogP contribution in [0.4, 0.5) is 5.95 Å². The van der Waals surface area contributed by atoms with Crippen LogP contribution in [0.5, 0.6) is 5.75 Å². The highest BCUT2D eigenvalue weighted by molar-refractivity contribution is 5.77. The van der Waals surface area contributed by atoms with Crippen molar-refractivity contribution in [1.82, 2.24) is 15.0 Å². The standard InChI is InChI=1S/C18H20N4O/c1-12(2)16-17-15(5-4-10-19-17)21-18(22-16)20-11-13-6-8-14(23-3)9-7-13/h4-10,12H,11H2,1-3H3,(H,20,21,22). The predicted octanol–water partition coefficient (Wildman–Crippen LogP) is 3.77. The minimum atomic E-state index is 0.289. The van der Waals surface area contributed by atoms with Gasteiger partial charge in [-0.2, -0.15) is 0 Å². The molecule has 3 rings (SSSR count). The molecule has 0 aliphatic rings. The molecule has 0 unspecified atom stereocenters. The first kappa shape index (κ1) is 15.2. The van der Waals surface area contributed by atoms with Gasteiger partial charge >= 0.3 is 0 Å². The summed E-state index contributed by atoms with van der Waals surface area (Å²) in [6.45, 7) is 4.89. The largest absolute Gasteiger partial charge is 0.497 e. The smallest absolute Gasteiger partial charge is 0.223 e. The second-order valence-corrected chi connectivity index (χ2v) is 5.66. The van der Waals surface area contributed by atoms with Gasteiger partial charge in [0.05, 0.1) is 18.3 Å². The molecule has 1 aromatic carbocycles. The number of aromatic nitrogens is 3. The summed E-state index contributed by atoms with van der Waals surface area (Å²) in [5, 5.41) is 3.30. The van der Waals surface area contributed by atoms with Crippen LogP contribution < -0.4 is 10.1 Å². The second kappa shape index (κ2) is 6.60. The molecular weight excluding hydrogens is 288 g/mol. The zero-order valence-electron chi connectivity index (χ0n) is 13.6. The highest BCUT2D eigenvalue weighted by Gasteiger charge is 2.11. The molecule has 1 N–H and O–H groups in total. The minimum Gasteiger partial charge on any atom is -0.497 e. The van der Waals surface area contributed by atoms with E-state index in [2.05, 4.69) is 34.1 Å². The van der Waals surface area contributed by atoms with Crippen LogP contribution in [0.15, 0.2) is 42.6 Å². The summed E-state index contributed by atoms with van der Waals surface area (Å²) >= 11 is 0. The van der Waals surface area contributed by atoms with E-state index >= 15 is 0 Å². The molecule has 0 saturated carbocycles. The van der Waals surface area contributed by atoms with Gasteiger partial charge in [-0.25, -0.2) is 9.97 Å². The Morgan fingerprint density at radius 2 is 1.87 bits per heavy atom. The average molecular weight is 308 g/mol. The normalized spacial score (nSPS) is 11.0. The van der Waals surface area contributed by atoms with Crippen LogP contribution in [0, 0.1) is 0 Å². The van der Waals surface area contributed by atoms with E-state index in [0.717, 1.165) is 28.0 Å². The molecule has 0 aliphatic carbocycles. The maximum Gasteiger partial charge on any atom is 0.223 e. The van der Waals surface area contributed by atoms with Gasteiger partial charge < -0.3 is 10.1 Å². The summed E-state index contributed by atoms with van der Waals surface area (Å²) in [7, 11) is 1.66. The monoisotopic (exact) mass is 308 g/mol. The molecule has 0 spiro atoms. The fourth-order valence-electron chi connectivity index (χ4n) is 2.40. The number of hydrogen-bond acceptors (Lipinski definition) is 5. The molecule has 2 aromatic heterocycles. The summed E-state index contributed by atoms with van der Waals surface area (Å²) in [6, 6.07) is 11.8. The SMILES string of the molecule is COc1ccc(CNc2nc(C(C)C)c3ncccc3n2)cc1. The second-order valence-electron chi connectivity index (χ2n) is 5.66. The molecule has 118 valence electrons. The van der Waals surface area contributed by atoms with Crippen molar-refractivity contribution < 1.29 is 4.74 Å². The van der Waals surface area contributed by atoms with E-state index in [9.17, 15) is 0 Å². The van der Waals surface area contributed by atoms with E-state index in [1.54, 1.807) is 13.3 Å². The lowest BCUT2D eigenvalue weighted by molar-refractivity contribution is 0.414. The number of ether oxygens (including phenoxy) is 1. The van der Waals surface area contributed by atoms with E-state index in [1.165, 1.54) is 0 Å². The molecule has 3 aromatic rings. The molecule has 0 amide bonds. The van der Waals surface area contributed by atoms with E-state index in [-0.39, 0.29) is 5.92 Å². The van der Waals surface area contributed by atoms with Gasteiger partial charge in [-0.05, 0) is 35.7 Å². The molecule has 23 heavy (non-hydrogen) atoms. The Bertz CT molecular complexity index is 800. The van der Waals surface area contributed by atoms with Crippen molar-refractivity contribution in [3.05, 3.63) is 53.9 Å². The third-order valence-corrected chi connectivity index (χ3v) is 3.64. The number of hydrogen-bond donors (Lipinski definition) is 1. The van der Waals surface area contributed by atoms with Crippen LogP contribution in [-0.2, 0) is 6.54 Å². The van der Waals surface area contributed by atoms with Gasteiger partial charge in [0.15, 0.2) is 0 Å². The number of fused-ring (bicyclic) bond motifs is 1. The number of benzene rings is 1. The van der Waals surface area contributed by atoms with Crippen molar-refractivity contribution >= 4 is 17.0 Å². The first-order chi connectivity index (χ1) is 11.2. The summed E-state index contributed by atoms with van der Waals surface area (Å²) in [4.78, 5) is 13.6. The Hall–Kier alpha value is -2.69. The van der Waals surface area contributed by atoms with Crippen molar-refractivity contribution in [3.63, 3.8) is 0 Å². The lowest BCUT2D eigenvalue weighted by atomic mass is 10.1. The molecule has 2 heterocycles. The van der Waals surface area contributed by atoms with Crippen LogP contribution >= 0.6 is 0 Å². The van der Waals surface area contributed by atoms with Crippen molar-refractivity contribution in [3.8, 4) is 5.75 Å². The fourth-order valence-corrected chi connectivity index (χ4v) is 2.40. The van der Waals surface area contributed by atoms with Gasteiger partial charge in [-0.15, -0.1) is 0 Å². The van der Waals surface area contributed by atoms with Crippen molar-refractivity contribution in [2.24, 2.45) is 0 Å². The molecule has 5 nitrogen and oxygen atoms in total. The van der Waals surface area contributed by atoms with Crippen LogP contribution in [0.2, 0.25) is 0 Å². The number of rotatable bonds is 5. The lowest BCUT2D eigenvalue weighted by Gasteiger charge is -2.11. The highest BCUT2D eigenvalue weighted by atomic mass is 16.5. The van der Waals surface area contributed by atoms with Crippen molar-refractivity contribution in [2.75, 3.05) is 12.4 Å². The van der Waals surface area contributed by atoms with Crippen LogP contribution in [0.3, 0.4) is 0 Å². The van der Waals surface area contributed by atoms with E-state index in [0.29, 0.717) is 12.5 Å². The molecule has 0 radical (unpaired) electrons. The zero-order chi connectivity index (χ0) is 16.2. The van der Waals surface area contributed by atoms with Gasteiger partial charge in [0.2, 0.25) is 5.95 Å². The van der Waals surface area contributed by atoms with Gasteiger partial charge in [-0.3, -0.25) is 4.98 Å². The van der Waals surface area contributed by atoms with Crippen LogP contribution in [0.25, 0.3) is 11.0 Å². The van der Waals surface area contributed by atoms with Gasteiger partial charge in [0.25, 0.3) is 0 Å². The first-order valence-corrected chi connectivity index (χ1v) is 7.67. The van der Waals surface area contributed by atoms with Crippen LogP contribution in [-0.4, -0.2) is 22.1 Å². The Morgan fingerprint density at radius 1 is 1.09 bits per heavy atom. The first-order valence-electron chi connectivity index (χ1n) is 7.67. The van der Waals surface area contributed by atoms with Gasteiger partial charge in [0.1, 0.15) is 11.3 Å². The molecule has 5 heteroatoms. The number of methoxy groups -OCH3 is 1. The zero-order valence-corrected chi connectivity index (χ0v) is 13.6. The quantitative estimate of drug-likeness (QED) is 0.777. The third-order valence-electron chi connectivity index (χ3n) is 3.64. The van der Waals surface area contributed by atoms with E-state index < -0.39 is 0 Å². The molecule has 0 atom stereocenters. The third kappa shape index (κ3) is 3.39. The lowest BCUT2D eigenvalue weighted by Crippen LogP contribution is -2.07. The van der Waals surface area contributed by atoms with Gasteiger partial charge in [0, 0.05) is 12.7 Å². The molecular formula is C18H20N4O. The Kier molecular flexibility index (Phi) is 4.37. The van der Waals surface area contributed by atoms with Crippen molar-refractivity contribution in [2.45, 2.75) is 26.3 Å². The maximum absolute atomic E-state index is 5.17. The number of pyridine rings is 1. The summed E-state index contributed by atoms with van der Waals surface area (Å²) in [6.07, 6.45) is 1.78. The number of nitrogens with zero attached hydrogens (tertiary/aromatic N) is 3. The summed E-state index contributed by atoms with van der Waals surface area (Å²) < 4.78 is 5.17. The number of anilines is 1. The fraction of sp³-hybridized carbons (Fsp3) is 0.278. The van der Waals surface area contributed by atoms with E-state index in [1.807, 2.05) is 36.4 Å². The average Bonchev–Trinajstić information content (AvgIpc) is 2.59. The summed E-state index contributed by atoms with van der Waals surface area (Å²) in [5.74, 6) is 1.77. The molecule has 0 fully saturated rings. The van der Waals surface area contributed by atoms with Gasteiger partial charge in [-0.1, -0.05) is 26.0 Å². The Morgan fingerprint density at radius 3 is 2.57 bits per heavy atom. The maximum atomic E-state index is 5.17.